The van der Waals surface area contributed by atoms with Crippen molar-refractivity contribution in [1.29, 1.82) is 0 Å². The molecule has 0 aromatic heterocycles. The number of amides is 1. The lowest BCUT2D eigenvalue weighted by Gasteiger charge is -2.40. The summed E-state index contributed by atoms with van der Waals surface area (Å²) in [5.41, 5.74) is 0. The van der Waals surface area contributed by atoms with Crippen LogP contribution in [0.25, 0.3) is 0 Å². The Morgan fingerprint density at radius 1 is 1.03 bits per heavy atom. The van der Waals surface area contributed by atoms with Crippen LogP contribution in [0.1, 0.15) is 39.5 Å². The van der Waals surface area contributed by atoms with E-state index in [2.05, 4.69) is 18.7 Å². The minimum atomic E-state index is -3.66. The fraction of sp³-hybridized carbons (Fsp3) is 0.667. The van der Waals surface area contributed by atoms with Gasteiger partial charge in [0.1, 0.15) is 0 Å². The molecule has 1 aliphatic heterocycles. The standard InChI is InChI=1S/C21H31Cl2N3O3S/c1-15(2)25-10-12-26(13-11-25)21(27)16-4-6-17(7-5-16)24(3)30(28,29)18-8-9-19(22)20(23)14-18/h8-9,14-17H,4-7,10-13H2,1-3H3/t16-,17-. The number of sulfonamides is 1. The third-order valence-electron chi connectivity index (χ3n) is 6.48. The van der Waals surface area contributed by atoms with Gasteiger partial charge in [0, 0.05) is 51.2 Å². The molecule has 0 unspecified atom stereocenters. The monoisotopic (exact) mass is 475 g/mol. The van der Waals surface area contributed by atoms with Crippen molar-refractivity contribution < 1.29 is 13.2 Å². The SMILES string of the molecule is CC(C)N1CCN(C(=O)[C@H]2CC[C@H](N(C)S(=O)(=O)c3ccc(Cl)c(Cl)c3)CC2)CC1. The van der Waals surface area contributed by atoms with Gasteiger partial charge in [-0.05, 0) is 57.7 Å². The van der Waals surface area contributed by atoms with Gasteiger partial charge >= 0.3 is 0 Å². The van der Waals surface area contributed by atoms with Crippen molar-refractivity contribution in [3.05, 3.63) is 28.2 Å². The van der Waals surface area contributed by atoms with Gasteiger partial charge in [-0.1, -0.05) is 23.2 Å². The molecular weight excluding hydrogens is 445 g/mol. The lowest BCUT2D eigenvalue weighted by atomic mass is 9.85. The number of hydrogen-bond donors (Lipinski definition) is 0. The molecule has 9 heteroatoms. The van der Waals surface area contributed by atoms with Crippen molar-refractivity contribution in [2.75, 3.05) is 33.2 Å². The van der Waals surface area contributed by atoms with Crippen molar-refractivity contribution >= 4 is 39.1 Å². The van der Waals surface area contributed by atoms with Crippen LogP contribution in [-0.2, 0) is 14.8 Å². The Morgan fingerprint density at radius 3 is 2.17 bits per heavy atom. The maximum atomic E-state index is 13.0. The van der Waals surface area contributed by atoms with E-state index in [9.17, 15) is 13.2 Å². The number of piperazine rings is 1. The second-order valence-electron chi connectivity index (χ2n) is 8.56. The fourth-order valence-corrected chi connectivity index (χ4v) is 6.21. The van der Waals surface area contributed by atoms with Gasteiger partial charge in [-0.15, -0.1) is 0 Å². The zero-order chi connectivity index (χ0) is 22.1. The van der Waals surface area contributed by atoms with Crippen molar-refractivity contribution in [3.63, 3.8) is 0 Å². The smallest absolute Gasteiger partial charge is 0.243 e. The van der Waals surface area contributed by atoms with E-state index in [4.69, 9.17) is 23.2 Å². The van der Waals surface area contributed by atoms with E-state index in [0.29, 0.717) is 23.9 Å². The summed E-state index contributed by atoms with van der Waals surface area (Å²) in [4.78, 5) is 17.5. The van der Waals surface area contributed by atoms with Gasteiger partial charge in [0.2, 0.25) is 15.9 Å². The van der Waals surface area contributed by atoms with Crippen LogP contribution >= 0.6 is 23.2 Å². The molecule has 0 atom stereocenters. The largest absolute Gasteiger partial charge is 0.340 e. The summed E-state index contributed by atoms with van der Waals surface area (Å²) < 4.78 is 27.4. The first-order chi connectivity index (χ1) is 14.1. The first-order valence-electron chi connectivity index (χ1n) is 10.6. The second-order valence-corrected chi connectivity index (χ2v) is 11.4. The van der Waals surface area contributed by atoms with E-state index in [0.717, 1.165) is 39.0 Å². The van der Waals surface area contributed by atoms with E-state index in [-0.39, 0.29) is 27.8 Å². The van der Waals surface area contributed by atoms with E-state index in [1.165, 1.54) is 22.5 Å². The third kappa shape index (κ3) is 5.13. The molecule has 1 aromatic carbocycles. The Kier molecular flexibility index (Phi) is 7.72. The fourth-order valence-electron chi connectivity index (χ4n) is 4.40. The normalized spacial score (nSPS) is 23.9. The van der Waals surface area contributed by atoms with Crippen molar-refractivity contribution in [2.45, 2.75) is 56.5 Å². The van der Waals surface area contributed by atoms with Crippen LogP contribution in [0.3, 0.4) is 0 Å². The molecule has 0 radical (unpaired) electrons. The molecule has 1 aromatic rings. The minimum absolute atomic E-state index is 0.00655. The predicted octanol–water partition coefficient (Wildman–Crippen LogP) is 3.73. The summed E-state index contributed by atoms with van der Waals surface area (Å²) in [6.45, 7) is 7.76. The summed E-state index contributed by atoms with van der Waals surface area (Å²) in [6.07, 6.45) is 2.79. The van der Waals surface area contributed by atoms with Crippen LogP contribution in [0.2, 0.25) is 10.0 Å². The molecule has 3 rings (SSSR count). The molecule has 1 amide bonds. The molecule has 1 saturated carbocycles. The first kappa shape index (κ1) is 23.8. The Bertz CT molecular complexity index is 862. The highest BCUT2D eigenvalue weighted by Gasteiger charge is 2.35. The second kappa shape index (κ2) is 9.74. The van der Waals surface area contributed by atoms with Crippen LogP contribution in [0.4, 0.5) is 0 Å². The number of rotatable bonds is 5. The average molecular weight is 476 g/mol. The summed E-state index contributed by atoms with van der Waals surface area (Å²) in [5.74, 6) is 0.222. The topological polar surface area (TPSA) is 60.9 Å². The molecule has 2 fully saturated rings. The number of carbonyl (C=O) groups excluding carboxylic acids is 1. The zero-order valence-electron chi connectivity index (χ0n) is 17.9. The molecule has 1 heterocycles. The van der Waals surface area contributed by atoms with Gasteiger partial charge < -0.3 is 4.90 Å². The van der Waals surface area contributed by atoms with E-state index < -0.39 is 10.0 Å². The molecule has 0 bridgehead atoms. The molecule has 2 aliphatic rings. The average Bonchev–Trinajstić information content (AvgIpc) is 2.74. The summed E-state index contributed by atoms with van der Waals surface area (Å²) in [6, 6.07) is 4.75. The van der Waals surface area contributed by atoms with Gasteiger partial charge in [0.05, 0.1) is 14.9 Å². The molecule has 0 spiro atoms. The Hall–Kier alpha value is -0.860. The zero-order valence-corrected chi connectivity index (χ0v) is 20.2. The molecule has 1 saturated heterocycles. The molecule has 168 valence electrons. The summed E-state index contributed by atoms with van der Waals surface area (Å²) in [7, 11) is -2.05. The highest BCUT2D eigenvalue weighted by atomic mass is 35.5. The molecule has 30 heavy (non-hydrogen) atoms. The summed E-state index contributed by atoms with van der Waals surface area (Å²) in [5, 5.41) is 0.546. The van der Waals surface area contributed by atoms with Crippen LogP contribution in [-0.4, -0.2) is 73.7 Å². The number of nitrogens with zero attached hydrogens (tertiary/aromatic N) is 3. The number of carbonyl (C=O) groups is 1. The van der Waals surface area contributed by atoms with Crippen LogP contribution in [0.5, 0.6) is 0 Å². The van der Waals surface area contributed by atoms with Gasteiger partial charge in [-0.25, -0.2) is 8.42 Å². The van der Waals surface area contributed by atoms with Crippen molar-refractivity contribution in [1.82, 2.24) is 14.1 Å². The number of halogens is 2. The van der Waals surface area contributed by atoms with Gasteiger partial charge in [0.25, 0.3) is 0 Å². The Morgan fingerprint density at radius 2 is 1.63 bits per heavy atom. The van der Waals surface area contributed by atoms with Gasteiger partial charge in [-0.3, -0.25) is 9.69 Å². The predicted molar refractivity (Wildman–Crippen MR) is 120 cm³/mol. The van der Waals surface area contributed by atoms with Crippen LogP contribution in [0.15, 0.2) is 23.1 Å². The quantitative estimate of drug-likeness (QED) is 0.650. The lowest BCUT2D eigenvalue weighted by molar-refractivity contribution is -0.138. The highest BCUT2D eigenvalue weighted by molar-refractivity contribution is 7.89. The van der Waals surface area contributed by atoms with Crippen molar-refractivity contribution in [2.24, 2.45) is 5.92 Å². The molecule has 0 N–H and O–H groups in total. The lowest BCUT2D eigenvalue weighted by Crippen LogP contribution is -2.52. The summed E-state index contributed by atoms with van der Waals surface area (Å²) >= 11 is 11.9. The van der Waals surface area contributed by atoms with Crippen LogP contribution in [0, 0.1) is 5.92 Å². The molecule has 1 aliphatic carbocycles. The minimum Gasteiger partial charge on any atom is -0.340 e. The van der Waals surface area contributed by atoms with E-state index in [1.54, 1.807) is 7.05 Å². The first-order valence-corrected chi connectivity index (χ1v) is 12.8. The number of benzene rings is 1. The number of hydrogen-bond acceptors (Lipinski definition) is 4. The van der Waals surface area contributed by atoms with Gasteiger partial charge in [0.15, 0.2) is 0 Å². The Labute approximate surface area is 190 Å². The van der Waals surface area contributed by atoms with E-state index in [1.807, 2.05) is 4.90 Å². The maximum Gasteiger partial charge on any atom is 0.243 e. The maximum absolute atomic E-state index is 13.0. The van der Waals surface area contributed by atoms with Gasteiger partial charge in [-0.2, -0.15) is 4.31 Å². The third-order valence-corrected chi connectivity index (χ3v) is 9.13. The molecular formula is C21H31Cl2N3O3S. The van der Waals surface area contributed by atoms with Crippen LogP contribution < -0.4 is 0 Å². The van der Waals surface area contributed by atoms with Crippen molar-refractivity contribution in [3.8, 4) is 0 Å². The molecule has 6 nitrogen and oxygen atoms in total. The Balaban J connectivity index is 1.57. The highest BCUT2D eigenvalue weighted by Crippen LogP contribution is 2.32. The van der Waals surface area contributed by atoms with E-state index >= 15 is 0 Å².